The van der Waals surface area contributed by atoms with Gasteiger partial charge in [0.1, 0.15) is 5.82 Å². The van der Waals surface area contributed by atoms with Crippen molar-refractivity contribution in [2.45, 2.75) is 30.9 Å². The van der Waals surface area contributed by atoms with Crippen molar-refractivity contribution >= 4 is 38.2 Å². The first-order chi connectivity index (χ1) is 19.3. The van der Waals surface area contributed by atoms with Crippen LogP contribution in [-0.2, 0) is 34.1 Å². The first-order valence-corrected chi connectivity index (χ1v) is 14.6. The molecule has 0 fully saturated rings. The molecule has 6 rings (SSSR count). The maximum Gasteiger partial charge on any atom is 0.251 e. The molecule has 0 radical (unpaired) electrons. The van der Waals surface area contributed by atoms with Gasteiger partial charge in [0, 0.05) is 35.4 Å². The largest absolute Gasteiger partial charge is 0.494 e. The number of ether oxygens (including phenoxy) is 2. The molecule has 2 aliphatic rings. The summed E-state index contributed by atoms with van der Waals surface area (Å²) < 4.78 is 50.0. The molecular weight excluding hydrogens is 535 g/mol. The molecule has 0 atom stereocenters. The molecule has 1 amide bonds. The molecule has 0 unspecified atom stereocenters. The third kappa shape index (κ3) is 4.98. The first-order valence-electron chi connectivity index (χ1n) is 12.9. The summed E-state index contributed by atoms with van der Waals surface area (Å²) in [6.07, 6.45) is 3.34. The molecule has 2 aliphatic heterocycles. The predicted molar refractivity (Wildman–Crippen MR) is 147 cm³/mol. The molecule has 4 heterocycles. The summed E-state index contributed by atoms with van der Waals surface area (Å²) in [5.41, 5.74) is 3.88. The van der Waals surface area contributed by atoms with Crippen LogP contribution in [-0.4, -0.2) is 50.3 Å². The number of amides is 1. The highest BCUT2D eigenvalue weighted by Crippen LogP contribution is 2.37. The Kier molecular flexibility index (Phi) is 6.85. The van der Waals surface area contributed by atoms with Crippen LogP contribution < -0.4 is 15.0 Å². The lowest BCUT2D eigenvalue weighted by molar-refractivity contribution is 0.0950. The van der Waals surface area contributed by atoms with E-state index >= 15 is 0 Å². The molecule has 4 aromatic rings. The number of carbonyl (C=O) groups is 1. The number of methoxy groups -OCH3 is 1. The minimum absolute atomic E-state index is 0.117. The van der Waals surface area contributed by atoms with Crippen LogP contribution in [0.5, 0.6) is 5.75 Å². The van der Waals surface area contributed by atoms with E-state index in [0.717, 1.165) is 41.8 Å². The number of nitrogens with zero attached hydrogens (tertiary/aromatic N) is 3. The Morgan fingerprint density at radius 3 is 2.88 bits per heavy atom. The highest BCUT2D eigenvalue weighted by Gasteiger charge is 2.24. The number of nitrogens with one attached hydrogen (secondary N) is 1. The molecule has 0 bridgehead atoms. The molecular formula is C29H27FN4O5S. The molecule has 0 saturated heterocycles. The number of sulfone groups is 1. The molecule has 0 saturated carbocycles. The normalized spacial score (nSPS) is 16.1. The summed E-state index contributed by atoms with van der Waals surface area (Å²) in [5.74, 6) is 0.00778. The van der Waals surface area contributed by atoms with Gasteiger partial charge in [-0.05, 0) is 60.4 Å². The summed E-state index contributed by atoms with van der Waals surface area (Å²) in [4.78, 5) is 24.4. The van der Waals surface area contributed by atoms with Crippen LogP contribution in [0.3, 0.4) is 0 Å². The summed E-state index contributed by atoms with van der Waals surface area (Å²) in [6.45, 7) is 1.19. The molecule has 2 aromatic heterocycles. The fourth-order valence-corrected chi connectivity index (χ4v) is 6.50. The first kappa shape index (κ1) is 26.1. The maximum atomic E-state index is 14.3. The van der Waals surface area contributed by atoms with Crippen LogP contribution in [0.4, 0.5) is 15.9 Å². The van der Waals surface area contributed by atoms with Gasteiger partial charge in [0.25, 0.3) is 5.91 Å². The topological polar surface area (TPSA) is 111 Å². The lowest BCUT2D eigenvalue weighted by Gasteiger charge is -2.31. The summed E-state index contributed by atoms with van der Waals surface area (Å²) in [6, 6.07) is 13.5. The van der Waals surface area contributed by atoms with Crippen molar-refractivity contribution in [2.24, 2.45) is 0 Å². The molecule has 11 heteroatoms. The second-order valence-electron chi connectivity index (χ2n) is 9.79. The summed E-state index contributed by atoms with van der Waals surface area (Å²) >= 11 is 0. The number of aryl methyl sites for hydroxylation is 1. The molecule has 1 N–H and O–H groups in total. The van der Waals surface area contributed by atoms with Crippen LogP contribution >= 0.6 is 0 Å². The number of rotatable bonds is 5. The van der Waals surface area contributed by atoms with Crippen LogP contribution in [0, 0.1) is 5.82 Å². The minimum Gasteiger partial charge on any atom is -0.494 e. The van der Waals surface area contributed by atoms with Gasteiger partial charge in [-0.2, -0.15) is 0 Å². The Labute approximate surface area is 230 Å². The van der Waals surface area contributed by atoms with Crippen molar-refractivity contribution in [3.63, 3.8) is 0 Å². The van der Waals surface area contributed by atoms with E-state index in [1.54, 1.807) is 24.4 Å². The van der Waals surface area contributed by atoms with Crippen molar-refractivity contribution in [2.75, 3.05) is 30.9 Å². The fourth-order valence-electron chi connectivity index (χ4n) is 5.11. The van der Waals surface area contributed by atoms with E-state index < -0.39 is 15.7 Å². The monoisotopic (exact) mass is 562 g/mol. The Hall–Kier alpha value is -4.09. The molecule has 0 spiro atoms. The second-order valence-corrected chi connectivity index (χ2v) is 11.9. The van der Waals surface area contributed by atoms with Gasteiger partial charge in [0.15, 0.2) is 21.4 Å². The van der Waals surface area contributed by atoms with E-state index in [9.17, 15) is 17.6 Å². The fraction of sp³-hybridized carbons (Fsp3) is 0.276. The number of halogens is 1. The van der Waals surface area contributed by atoms with E-state index in [0.29, 0.717) is 16.8 Å². The van der Waals surface area contributed by atoms with Crippen molar-refractivity contribution in [1.82, 2.24) is 15.3 Å². The average molecular weight is 563 g/mol. The zero-order valence-electron chi connectivity index (χ0n) is 21.8. The van der Waals surface area contributed by atoms with Crippen LogP contribution in [0.15, 0.2) is 59.6 Å². The quantitative estimate of drug-likeness (QED) is 0.387. The molecule has 2 aromatic carbocycles. The lowest BCUT2D eigenvalue weighted by atomic mass is 10.0. The van der Waals surface area contributed by atoms with Gasteiger partial charge in [0.2, 0.25) is 0 Å². The smallest absolute Gasteiger partial charge is 0.251 e. The van der Waals surface area contributed by atoms with Crippen molar-refractivity contribution < 1.29 is 27.1 Å². The number of fused-ring (bicyclic) bond motifs is 3. The number of anilines is 2. The zero-order chi connectivity index (χ0) is 27.9. The standard InChI is InChI=1S/C29H27FN4O5S/c1-38-26-14-25-18(11-23(26)30)3-2-8-34(25)28-7-6-20-15-31-22(13-24(20)33-28)16-32-29(35)19-4-5-21-17-39-9-10-40(36,37)27(21)12-19/h4-7,11-15H,2-3,8-10,16-17H2,1H3,(H,32,35). The van der Waals surface area contributed by atoms with E-state index in [4.69, 9.17) is 14.5 Å². The Bertz CT molecular complexity index is 1740. The summed E-state index contributed by atoms with van der Waals surface area (Å²) in [7, 11) is -2.07. The van der Waals surface area contributed by atoms with Crippen molar-refractivity contribution in [1.29, 1.82) is 0 Å². The van der Waals surface area contributed by atoms with Gasteiger partial charge >= 0.3 is 0 Å². The predicted octanol–water partition coefficient (Wildman–Crippen LogP) is 4.10. The van der Waals surface area contributed by atoms with Crippen molar-refractivity contribution in [3.8, 4) is 5.75 Å². The van der Waals surface area contributed by atoms with Gasteiger partial charge in [-0.15, -0.1) is 0 Å². The average Bonchev–Trinajstić information content (AvgIpc) is 3.11. The highest BCUT2D eigenvalue weighted by atomic mass is 32.2. The number of hydrogen-bond donors (Lipinski definition) is 1. The second kappa shape index (κ2) is 10.5. The number of benzene rings is 2. The Morgan fingerprint density at radius 1 is 1.15 bits per heavy atom. The van der Waals surface area contributed by atoms with E-state index in [1.165, 1.54) is 19.2 Å². The minimum atomic E-state index is -3.52. The van der Waals surface area contributed by atoms with E-state index in [1.807, 2.05) is 18.2 Å². The Balaban J connectivity index is 1.23. The van der Waals surface area contributed by atoms with Gasteiger partial charge in [0.05, 0.1) is 48.7 Å². The van der Waals surface area contributed by atoms with E-state index in [-0.39, 0.29) is 47.5 Å². The number of carbonyl (C=O) groups excluding carboxylic acids is 1. The number of pyridine rings is 2. The molecule has 40 heavy (non-hydrogen) atoms. The van der Waals surface area contributed by atoms with Gasteiger partial charge < -0.3 is 19.7 Å². The van der Waals surface area contributed by atoms with Crippen LogP contribution in [0.2, 0.25) is 0 Å². The van der Waals surface area contributed by atoms with Crippen molar-refractivity contribution in [3.05, 3.63) is 82.9 Å². The number of hydrogen-bond acceptors (Lipinski definition) is 8. The molecule has 206 valence electrons. The third-order valence-corrected chi connectivity index (χ3v) is 8.97. The molecule has 9 nitrogen and oxygen atoms in total. The maximum absolute atomic E-state index is 14.3. The lowest BCUT2D eigenvalue weighted by Crippen LogP contribution is -2.25. The van der Waals surface area contributed by atoms with Gasteiger partial charge in [-0.1, -0.05) is 6.07 Å². The van der Waals surface area contributed by atoms with E-state index in [2.05, 4.69) is 15.2 Å². The van der Waals surface area contributed by atoms with Gasteiger partial charge in [-0.3, -0.25) is 9.78 Å². The number of aromatic nitrogens is 2. The van der Waals surface area contributed by atoms with Gasteiger partial charge in [-0.25, -0.2) is 17.8 Å². The Morgan fingerprint density at radius 2 is 2.02 bits per heavy atom. The highest BCUT2D eigenvalue weighted by molar-refractivity contribution is 7.91. The summed E-state index contributed by atoms with van der Waals surface area (Å²) in [5, 5.41) is 3.66. The van der Waals surface area contributed by atoms with Crippen LogP contribution in [0.1, 0.15) is 33.6 Å². The third-order valence-electron chi connectivity index (χ3n) is 7.21. The molecule has 0 aliphatic carbocycles. The van der Waals surface area contributed by atoms with Crippen LogP contribution in [0.25, 0.3) is 10.9 Å². The zero-order valence-corrected chi connectivity index (χ0v) is 22.6. The SMILES string of the molecule is COc1cc2c(cc1F)CCCN2c1ccc2cnc(CNC(=O)c3ccc4c(c3)S(=O)(=O)CCOC4)cc2n1.